The molecule has 152 valence electrons. The summed E-state index contributed by atoms with van der Waals surface area (Å²) in [6.45, 7) is 0.145. The third-order valence-electron chi connectivity index (χ3n) is 5.65. The highest BCUT2D eigenvalue weighted by molar-refractivity contribution is 5.98. The predicted molar refractivity (Wildman–Crippen MR) is 104 cm³/mol. The van der Waals surface area contributed by atoms with Crippen molar-refractivity contribution >= 4 is 17.6 Å². The Bertz CT molecular complexity index is 1120. The van der Waals surface area contributed by atoms with E-state index in [9.17, 15) is 14.7 Å². The molecule has 0 bridgehead atoms. The van der Waals surface area contributed by atoms with Crippen LogP contribution in [0.4, 0.5) is 5.69 Å². The van der Waals surface area contributed by atoms with Crippen LogP contribution >= 0.6 is 0 Å². The molecule has 0 spiro atoms. The zero-order chi connectivity index (χ0) is 20.9. The molecule has 8 nitrogen and oxygen atoms in total. The summed E-state index contributed by atoms with van der Waals surface area (Å²) in [4.78, 5) is 26.7. The zero-order valence-electron chi connectivity index (χ0n) is 16.0. The molecule has 3 aliphatic rings. The van der Waals surface area contributed by atoms with Crippen LogP contribution in [0.5, 0.6) is 11.5 Å². The maximum atomic E-state index is 13.1. The number of carbonyl (C=O) groups is 2. The summed E-state index contributed by atoms with van der Waals surface area (Å²) in [6, 6.07) is 11.4. The number of fused-ring (bicyclic) bond motifs is 4. The number of rotatable bonds is 1. The van der Waals surface area contributed by atoms with Gasteiger partial charge >= 0.3 is 11.9 Å². The number of likely N-dealkylation sites (tertiary alicyclic amines) is 1. The Morgan fingerprint density at radius 2 is 2.03 bits per heavy atom. The Balaban J connectivity index is 1.47. The van der Waals surface area contributed by atoms with Crippen molar-refractivity contribution in [3.05, 3.63) is 53.6 Å². The topological polar surface area (TPSA) is 97.3 Å². The van der Waals surface area contributed by atoms with Crippen molar-refractivity contribution in [2.75, 3.05) is 19.2 Å². The number of amides is 1. The molecule has 3 heterocycles. The monoisotopic (exact) mass is 406 g/mol. The van der Waals surface area contributed by atoms with Gasteiger partial charge in [0.2, 0.25) is 6.79 Å². The van der Waals surface area contributed by atoms with Crippen molar-refractivity contribution in [3.63, 3.8) is 0 Å². The van der Waals surface area contributed by atoms with Crippen LogP contribution in [0.1, 0.15) is 17.5 Å². The number of hydrogen-bond donors (Lipinski definition) is 2. The largest absolute Gasteiger partial charge is 0.467 e. The number of aliphatic hydroxyl groups is 1. The molecule has 5 rings (SSSR count). The van der Waals surface area contributed by atoms with Crippen molar-refractivity contribution in [1.82, 2.24) is 4.90 Å². The Hall–Kier alpha value is -3.70. The highest BCUT2D eigenvalue weighted by Crippen LogP contribution is 2.49. The van der Waals surface area contributed by atoms with Crippen LogP contribution in [0.25, 0.3) is 0 Å². The van der Waals surface area contributed by atoms with Gasteiger partial charge in [0.1, 0.15) is 17.8 Å². The van der Waals surface area contributed by atoms with Gasteiger partial charge in [-0.1, -0.05) is 24.1 Å². The van der Waals surface area contributed by atoms with E-state index in [1.807, 2.05) is 12.1 Å². The van der Waals surface area contributed by atoms with Gasteiger partial charge in [0.05, 0.1) is 7.11 Å². The van der Waals surface area contributed by atoms with Crippen LogP contribution in [-0.2, 0) is 19.9 Å². The second-order valence-corrected chi connectivity index (χ2v) is 7.29. The summed E-state index contributed by atoms with van der Waals surface area (Å²) in [5.41, 5.74) is 0.517. The number of methoxy groups -OCH3 is 1. The number of nitrogens with zero attached hydrogens (tertiary/aromatic N) is 1. The molecule has 3 atom stereocenters. The van der Waals surface area contributed by atoms with E-state index in [-0.39, 0.29) is 13.2 Å². The highest BCUT2D eigenvalue weighted by atomic mass is 16.7. The minimum Gasteiger partial charge on any atom is -0.467 e. The fourth-order valence-corrected chi connectivity index (χ4v) is 4.25. The number of carbonyl (C=O) groups excluding carboxylic acids is 2. The first-order chi connectivity index (χ1) is 14.5. The van der Waals surface area contributed by atoms with Gasteiger partial charge in [-0.3, -0.25) is 9.69 Å². The molecule has 2 aromatic carbocycles. The van der Waals surface area contributed by atoms with E-state index in [4.69, 9.17) is 14.2 Å². The van der Waals surface area contributed by atoms with Gasteiger partial charge in [-0.25, -0.2) is 4.79 Å². The van der Waals surface area contributed by atoms with E-state index in [1.165, 1.54) is 12.0 Å². The Morgan fingerprint density at radius 1 is 1.23 bits per heavy atom. The first-order valence-corrected chi connectivity index (χ1v) is 9.41. The normalized spacial score (nSPS) is 24.9. The summed E-state index contributed by atoms with van der Waals surface area (Å²) in [5.74, 6) is 5.37. The number of nitrogens with one attached hydrogen (secondary N) is 1. The SMILES string of the molecule is COC(=O)[C@@H]1C[C@@]2(O)c3ccccc3N[C@H]2N1C(=O)C#Cc1ccc2c(c1)OCO2. The second kappa shape index (κ2) is 6.68. The maximum absolute atomic E-state index is 13.1. The minimum atomic E-state index is -1.41. The Labute approximate surface area is 172 Å². The van der Waals surface area contributed by atoms with Gasteiger partial charge in [0.15, 0.2) is 11.5 Å². The lowest BCUT2D eigenvalue weighted by Gasteiger charge is -2.28. The number of hydrogen-bond acceptors (Lipinski definition) is 7. The van der Waals surface area contributed by atoms with E-state index in [1.54, 1.807) is 30.3 Å². The first-order valence-electron chi connectivity index (χ1n) is 9.41. The number of esters is 1. The van der Waals surface area contributed by atoms with Crippen molar-refractivity contribution in [2.24, 2.45) is 0 Å². The molecule has 0 saturated carbocycles. The van der Waals surface area contributed by atoms with E-state index in [0.717, 1.165) is 5.69 Å². The number of anilines is 1. The van der Waals surface area contributed by atoms with Gasteiger partial charge in [-0.15, -0.1) is 0 Å². The number of para-hydroxylation sites is 1. The fourth-order valence-electron chi connectivity index (χ4n) is 4.25. The third kappa shape index (κ3) is 2.67. The van der Waals surface area contributed by atoms with E-state index in [2.05, 4.69) is 17.2 Å². The summed E-state index contributed by atoms with van der Waals surface area (Å²) in [5, 5.41) is 14.5. The molecular weight excluding hydrogens is 388 g/mol. The van der Waals surface area contributed by atoms with Crippen LogP contribution in [0.15, 0.2) is 42.5 Å². The van der Waals surface area contributed by atoms with E-state index < -0.39 is 29.7 Å². The summed E-state index contributed by atoms with van der Waals surface area (Å²) in [6.07, 6.45) is -0.802. The number of ether oxygens (including phenoxy) is 3. The molecule has 2 N–H and O–H groups in total. The molecule has 30 heavy (non-hydrogen) atoms. The van der Waals surface area contributed by atoms with Crippen molar-refractivity contribution in [3.8, 4) is 23.3 Å². The summed E-state index contributed by atoms with van der Waals surface area (Å²) >= 11 is 0. The van der Waals surface area contributed by atoms with Gasteiger partial charge in [0.25, 0.3) is 0 Å². The molecule has 1 saturated heterocycles. The lowest BCUT2D eigenvalue weighted by molar-refractivity contribution is -0.150. The van der Waals surface area contributed by atoms with Gasteiger partial charge in [-0.2, -0.15) is 0 Å². The molecule has 0 aromatic heterocycles. The summed E-state index contributed by atoms with van der Waals surface area (Å²) < 4.78 is 15.5. The molecule has 0 aliphatic carbocycles. The standard InChI is InChI=1S/C22H18N2O6/c1-28-20(26)16-11-22(27)14-4-2-3-5-15(14)23-21(22)24(16)19(25)9-7-13-6-8-17-18(10-13)30-12-29-17/h2-6,8,10,16,21,23,27H,11-12H2,1H3/t16-,21-,22+/m0/s1. The van der Waals surface area contributed by atoms with E-state index in [0.29, 0.717) is 22.6 Å². The smallest absolute Gasteiger partial charge is 0.328 e. The lowest BCUT2D eigenvalue weighted by Crippen LogP contribution is -2.49. The van der Waals surface area contributed by atoms with Gasteiger partial charge < -0.3 is 24.6 Å². The molecule has 3 aliphatic heterocycles. The fraction of sp³-hybridized carbons (Fsp3) is 0.273. The Morgan fingerprint density at radius 3 is 2.87 bits per heavy atom. The molecule has 0 unspecified atom stereocenters. The quantitative estimate of drug-likeness (QED) is 0.542. The molecular formula is C22H18N2O6. The van der Waals surface area contributed by atoms with Crippen LogP contribution in [0, 0.1) is 11.8 Å². The molecule has 0 radical (unpaired) electrons. The molecule has 1 fully saturated rings. The molecule has 1 amide bonds. The second-order valence-electron chi connectivity index (χ2n) is 7.29. The zero-order valence-corrected chi connectivity index (χ0v) is 16.0. The first kappa shape index (κ1) is 18.3. The van der Waals surface area contributed by atoms with Crippen LogP contribution in [0.3, 0.4) is 0 Å². The summed E-state index contributed by atoms with van der Waals surface area (Å²) in [7, 11) is 1.25. The van der Waals surface area contributed by atoms with Gasteiger partial charge in [0, 0.05) is 29.2 Å². The van der Waals surface area contributed by atoms with Crippen LogP contribution in [0.2, 0.25) is 0 Å². The average molecular weight is 406 g/mol. The third-order valence-corrected chi connectivity index (χ3v) is 5.65. The van der Waals surface area contributed by atoms with Crippen molar-refractivity contribution in [1.29, 1.82) is 0 Å². The lowest BCUT2D eigenvalue weighted by atomic mass is 9.91. The number of benzene rings is 2. The van der Waals surface area contributed by atoms with Crippen LogP contribution < -0.4 is 14.8 Å². The van der Waals surface area contributed by atoms with Crippen LogP contribution in [-0.4, -0.2) is 48.0 Å². The minimum absolute atomic E-state index is 0.0196. The highest BCUT2D eigenvalue weighted by Gasteiger charge is 2.60. The average Bonchev–Trinajstić information content (AvgIpc) is 3.41. The maximum Gasteiger partial charge on any atom is 0.328 e. The molecule has 8 heteroatoms. The predicted octanol–water partition coefficient (Wildman–Crippen LogP) is 1.18. The van der Waals surface area contributed by atoms with E-state index >= 15 is 0 Å². The van der Waals surface area contributed by atoms with Crippen molar-refractivity contribution < 1.29 is 28.9 Å². The van der Waals surface area contributed by atoms with Gasteiger partial charge in [-0.05, 0) is 24.3 Å². The van der Waals surface area contributed by atoms with Crippen molar-refractivity contribution in [2.45, 2.75) is 24.2 Å². The molecule has 2 aromatic rings. The Kier molecular flexibility index (Phi) is 4.08.